The molecule has 1 aromatic heterocycles. The van der Waals surface area contributed by atoms with Crippen LogP contribution in [0.1, 0.15) is 6.92 Å². The maximum Gasteiger partial charge on any atom is 0.225 e. The Hall–Kier alpha value is -1.27. The number of halogens is 1. The Morgan fingerprint density at radius 3 is 2.88 bits per heavy atom. The number of nitrogens with zero attached hydrogens (tertiary/aromatic N) is 3. The van der Waals surface area contributed by atoms with Crippen LogP contribution >= 0.6 is 0 Å². The molecule has 1 aliphatic heterocycles. The second kappa shape index (κ2) is 4.71. The number of ether oxygens (including phenoxy) is 1. The van der Waals surface area contributed by atoms with Crippen LogP contribution in [0.2, 0.25) is 0 Å². The Morgan fingerprint density at radius 1 is 1.56 bits per heavy atom. The molecule has 2 rings (SSSR count). The second-order valence-corrected chi connectivity index (χ2v) is 3.89. The van der Waals surface area contributed by atoms with Crippen LogP contribution in [-0.4, -0.2) is 41.8 Å². The van der Waals surface area contributed by atoms with Gasteiger partial charge in [0.1, 0.15) is 0 Å². The van der Waals surface area contributed by atoms with Gasteiger partial charge in [-0.2, -0.15) is 0 Å². The van der Waals surface area contributed by atoms with Gasteiger partial charge in [0.25, 0.3) is 0 Å². The van der Waals surface area contributed by atoms with Crippen LogP contribution in [0.4, 0.5) is 10.3 Å². The summed E-state index contributed by atoms with van der Waals surface area (Å²) in [4.78, 5) is 9.92. The first-order valence-corrected chi connectivity index (χ1v) is 5.26. The Bertz CT molecular complexity index is 345. The summed E-state index contributed by atoms with van der Waals surface area (Å²) >= 11 is 0. The molecule has 0 aromatic carbocycles. The number of nitrogens with two attached hydrogens (primary N) is 1. The molecule has 0 aliphatic carbocycles. The number of hydrogen-bond donors (Lipinski definition) is 1. The maximum absolute atomic E-state index is 12.7. The molecule has 6 heteroatoms. The molecule has 16 heavy (non-hydrogen) atoms. The summed E-state index contributed by atoms with van der Waals surface area (Å²) in [7, 11) is 0. The topological polar surface area (TPSA) is 64.3 Å². The molecule has 88 valence electrons. The van der Waals surface area contributed by atoms with E-state index in [1.54, 1.807) is 0 Å². The summed E-state index contributed by atoms with van der Waals surface area (Å²) in [6, 6.07) is 0.174. The third kappa shape index (κ3) is 2.28. The summed E-state index contributed by atoms with van der Waals surface area (Å²) in [6.45, 7) is 3.70. The summed E-state index contributed by atoms with van der Waals surface area (Å²) < 4.78 is 18.2. The van der Waals surface area contributed by atoms with E-state index in [-0.39, 0.29) is 12.1 Å². The predicted octanol–water partition coefficient (Wildman–Crippen LogP) is 0.168. The largest absolute Gasteiger partial charge is 0.373 e. The van der Waals surface area contributed by atoms with Crippen LogP contribution in [0.15, 0.2) is 12.4 Å². The lowest BCUT2D eigenvalue weighted by Crippen LogP contribution is -2.51. The van der Waals surface area contributed by atoms with Gasteiger partial charge in [-0.05, 0) is 6.92 Å². The van der Waals surface area contributed by atoms with Crippen LogP contribution in [0.3, 0.4) is 0 Å². The highest BCUT2D eigenvalue weighted by molar-refractivity contribution is 5.31. The molecule has 2 heterocycles. The molecule has 0 amide bonds. The molecule has 1 aromatic rings. The average Bonchev–Trinajstić information content (AvgIpc) is 2.31. The lowest BCUT2D eigenvalue weighted by Gasteiger charge is -2.37. The molecule has 1 saturated heterocycles. The van der Waals surface area contributed by atoms with Crippen molar-refractivity contribution >= 4 is 5.95 Å². The minimum absolute atomic E-state index is 0.00940. The van der Waals surface area contributed by atoms with Gasteiger partial charge < -0.3 is 15.4 Å². The van der Waals surface area contributed by atoms with Gasteiger partial charge in [-0.1, -0.05) is 0 Å². The summed E-state index contributed by atoms with van der Waals surface area (Å²) in [5.74, 6) is 0.0932. The molecule has 0 bridgehead atoms. The Balaban J connectivity index is 2.14. The van der Waals surface area contributed by atoms with E-state index < -0.39 is 5.82 Å². The first-order valence-electron chi connectivity index (χ1n) is 5.26. The van der Waals surface area contributed by atoms with Gasteiger partial charge in [0.2, 0.25) is 5.95 Å². The smallest absolute Gasteiger partial charge is 0.225 e. The SMILES string of the molecule is CC1COC(CN)CN1c1ncc(F)cn1. The zero-order chi connectivity index (χ0) is 11.5. The van der Waals surface area contributed by atoms with Gasteiger partial charge in [-0.3, -0.25) is 0 Å². The molecule has 1 aliphatic rings. The molecule has 0 spiro atoms. The van der Waals surface area contributed by atoms with Gasteiger partial charge in [0.15, 0.2) is 5.82 Å². The lowest BCUT2D eigenvalue weighted by atomic mass is 10.2. The number of rotatable bonds is 2. The average molecular weight is 226 g/mol. The molecule has 1 fully saturated rings. The number of aromatic nitrogens is 2. The quantitative estimate of drug-likeness (QED) is 0.778. The standard InChI is InChI=1S/C10H15FN4O/c1-7-6-16-9(2-12)5-15(7)10-13-3-8(11)4-14-10/h3-4,7,9H,2,5-6,12H2,1H3. The lowest BCUT2D eigenvalue weighted by molar-refractivity contribution is 0.0276. The highest BCUT2D eigenvalue weighted by Gasteiger charge is 2.26. The van der Waals surface area contributed by atoms with Crippen molar-refractivity contribution in [1.29, 1.82) is 0 Å². The number of morpholine rings is 1. The third-order valence-electron chi connectivity index (χ3n) is 2.63. The normalized spacial score (nSPS) is 25.8. The highest BCUT2D eigenvalue weighted by Crippen LogP contribution is 2.16. The van der Waals surface area contributed by atoms with E-state index >= 15 is 0 Å². The monoisotopic (exact) mass is 226 g/mol. The predicted molar refractivity (Wildman–Crippen MR) is 57.6 cm³/mol. The third-order valence-corrected chi connectivity index (χ3v) is 2.63. The van der Waals surface area contributed by atoms with Gasteiger partial charge >= 0.3 is 0 Å². The van der Waals surface area contributed by atoms with Gasteiger partial charge in [0, 0.05) is 13.1 Å². The molecule has 2 unspecified atom stereocenters. The van der Waals surface area contributed by atoms with Crippen molar-refractivity contribution in [3.05, 3.63) is 18.2 Å². The highest BCUT2D eigenvalue weighted by atomic mass is 19.1. The fraction of sp³-hybridized carbons (Fsp3) is 0.600. The first kappa shape index (κ1) is 11.2. The van der Waals surface area contributed by atoms with E-state index in [0.29, 0.717) is 25.6 Å². The Labute approximate surface area is 93.4 Å². The summed E-state index contributed by atoms with van der Waals surface area (Å²) in [5.41, 5.74) is 5.56. The maximum atomic E-state index is 12.7. The van der Waals surface area contributed by atoms with Crippen LogP contribution in [0.5, 0.6) is 0 Å². The van der Waals surface area contributed by atoms with E-state index in [2.05, 4.69) is 9.97 Å². The van der Waals surface area contributed by atoms with Crippen molar-refractivity contribution < 1.29 is 9.13 Å². The first-order chi connectivity index (χ1) is 7.70. The van der Waals surface area contributed by atoms with Crippen molar-refractivity contribution in [3.63, 3.8) is 0 Å². The molecular weight excluding hydrogens is 211 g/mol. The minimum Gasteiger partial charge on any atom is -0.373 e. The number of anilines is 1. The molecule has 5 nitrogen and oxygen atoms in total. The van der Waals surface area contributed by atoms with Crippen molar-refractivity contribution in [2.75, 3.05) is 24.6 Å². The van der Waals surface area contributed by atoms with Crippen LogP contribution in [0, 0.1) is 5.82 Å². The summed E-state index contributed by atoms with van der Waals surface area (Å²) in [5, 5.41) is 0. The van der Waals surface area contributed by atoms with Crippen molar-refractivity contribution in [2.45, 2.75) is 19.1 Å². The van der Waals surface area contributed by atoms with E-state index in [0.717, 1.165) is 0 Å². The van der Waals surface area contributed by atoms with Gasteiger partial charge in [0.05, 0.1) is 31.1 Å². The fourth-order valence-corrected chi connectivity index (χ4v) is 1.69. The van der Waals surface area contributed by atoms with Gasteiger partial charge in [-0.25, -0.2) is 14.4 Å². The second-order valence-electron chi connectivity index (χ2n) is 3.89. The van der Waals surface area contributed by atoms with Crippen LogP contribution in [-0.2, 0) is 4.74 Å². The van der Waals surface area contributed by atoms with Crippen LogP contribution in [0.25, 0.3) is 0 Å². The van der Waals surface area contributed by atoms with E-state index in [4.69, 9.17) is 10.5 Å². The van der Waals surface area contributed by atoms with E-state index in [1.165, 1.54) is 12.4 Å². The molecule has 2 atom stereocenters. The molecular formula is C10H15FN4O. The van der Waals surface area contributed by atoms with Crippen molar-refractivity contribution in [1.82, 2.24) is 9.97 Å². The zero-order valence-corrected chi connectivity index (χ0v) is 9.14. The Morgan fingerprint density at radius 2 is 2.25 bits per heavy atom. The molecule has 0 saturated carbocycles. The molecule has 0 radical (unpaired) electrons. The van der Waals surface area contributed by atoms with Gasteiger partial charge in [-0.15, -0.1) is 0 Å². The summed E-state index contributed by atoms with van der Waals surface area (Å²) in [6.07, 6.45) is 2.33. The molecule has 2 N–H and O–H groups in total. The van der Waals surface area contributed by atoms with Crippen molar-refractivity contribution in [2.24, 2.45) is 5.73 Å². The minimum atomic E-state index is -0.431. The number of hydrogen-bond acceptors (Lipinski definition) is 5. The van der Waals surface area contributed by atoms with E-state index in [1.807, 2.05) is 11.8 Å². The van der Waals surface area contributed by atoms with Crippen molar-refractivity contribution in [3.8, 4) is 0 Å². The van der Waals surface area contributed by atoms with Crippen LogP contribution < -0.4 is 10.6 Å². The fourth-order valence-electron chi connectivity index (χ4n) is 1.69. The Kier molecular flexibility index (Phi) is 3.31. The zero-order valence-electron chi connectivity index (χ0n) is 9.14. The van der Waals surface area contributed by atoms with E-state index in [9.17, 15) is 4.39 Å².